The number of hydrogen-bond donors (Lipinski definition) is 6. The Morgan fingerprint density at radius 3 is 1.55 bits per heavy atom. The molecule has 0 amide bonds. The zero-order valence-corrected chi connectivity index (χ0v) is 17.2. The predicted octanol–water partition coefficient (Wildman–Crippen LogP) is 1.75. The summed E-state index contributed by atoms with van der Waals surface area (Å²) < 4.78 is 0. The Kier molecular flexibility index (Phi) is 16.7. The van der Waals surface area contributed by atoms with Gasteiger partial charge in [0.25, 0.3) is 0 Å². The molecule has 0 saturated carbocycles. The lowest BCUT2D eigenvalue weighted by molar-refractivity contribution is -0.145. The Labute approximate surface area is 171 Å². The quantitative estimate of drug-likeness (QED) is 0.212. The monoisotopic (exact) mass is 420 g/mol. The summed E-state index contributed by atoms with van der Waals surface area (Å²) in [6.45, 7) is 3.57. The van der Waals surface area contributed by atoms with Gasteiger partial charge < -0.3 is 31.9 Å². The molecule has 10 nitrogen and oxygen atoms in total. The first-order valence-corrected chi connectivity index (χ1v) is 9.86. The normalized spacial score (nSPS) is 14.6. The van der Waals surface area contributed by atoms with Crippen LogP contribution >= 0.6 is 0 Å². The van der Waals surface area contributed by atoms with Crippen LogP contribution in [0.2, 0.25) is 0 Å². The maximum Gasteiger partial charge on any atom is 0.320 e. The number of carbonyl (C=O) groups is 4. The minimum absolute atomic E-state index is 0.0135. The Morgan fingerprint density at radius 1 is 0.690 bits per heavy atom. The van der Waals surface area contributed by atoms with Crippen molar-refractivity contribution in [1.29, 1.82) is 0 Å². The van der Waals surface area contributed by atoms with E-state index in [9.17, 15) is 19.2 Å². The second kappa shape index (κ2) is 16.7. The van der Waals surface area contributed by atoms with E-state index in [0.717, 1.165) is 19.3 Å². The molecule has 0 saturated heterocycles. The van der Waals surface area contributed by atoms with Crippen molar-refractivity contribution >= 4 is 23.9 Å². The van der Waals surface area contributed by atoms with Crippen LogP contribution in [0.1, 0.15) is 71.6 Å². The Balaban J connectivity index is 0. The zero-order chi connectivity index (χ0) is 23.0. The summed E-state index contributed by atoms with van der Waals surface area (Å²) in [7, 11) is 0. The average Bonchev–Trinajstić information content (AvgIpc) is 2.63. The molecular formula is C19H36N2O8. The number of nitrogens with two attached hydrogens (primary N) is 2. The fraction of sp³-hybridized carbons (Fsp3) is 0.789. The van der Waals surface area contributed by atoms with E-state index in [1.807, 2.05) is 0 Å². The molecule has 0 aromatic rings. The number of carboxylic acids is 4. The minimum Gasteiger partial charge on any atom is -0.481 e. The van der Waals surface area contributed by atoms with Crippen molar-refractivity contribution < 1.29 is 39.6 Å². The molecule has 4 atom stereocenters. The lowest BCUT2D eigenvalue weighted by atomic mass is 9.94. The van der Waals surface area contributed by atoms with Crippen LogP contribution < -0.4 is 11.5 Å². The molecule has 0 spiro atoms. The second-order valence-corrected chi connectivity index (χ2v) is 7.19. The van der Waals surface area contributed by atoms with Gasteiger partial charge in [-0.05, 0) is 19.3 Å². The van der Waals surface area contributed by atoms with E-state index >= 15 is 0 Å². The van der Waals surface area contributed by atoms with Crippen molar-refractivity contribution in [2.24, 2.45) is 23.3 Å². The van der Waals surface area contributed by atoms with Gasteiger partial charge in [0.05, 0.1) is 11.8 Å². The van der Waals surface area contributed by atoms with Crippen molar-refractivity contribution in [3.8, 4) is 0 Å². The van der Waals surface area contributed by atoms with Gasteiger partial charge in [0.1, 0.15) is 12.1 Å². The summed E-state index contributed by atoms with van der Waals surface area (Å²) in [4.78, 5) is 41.9. The van der Waals surface area contributed by atoms with Crippen molar-refractivity contribution in [2.75, 3.05) is 0 Å². The molecule has 0 fully saturated rings. The number of rotatable bonds is 15. The van der Waals surface area contributed by atoms with Gasteiger partial charge in [0, 0.05) is 0 Å². The summed E-state index contributed by atoms with van der Waals surface area (Å²) in [5, 5.41) is 34.3. The van der Waals surface area contributed by atoms with E-state index < -0.39 is 47.8 Å². The van der Waals surface area contributed by atoms with Gasteiger partial charge in [-0.1, -0.05) is 52.4 Å². The van der Waals surface area contributed by atoms with E-state index in [-0.39, 0.29) is 12.8 Å². The average molecular weight is 421 g/mol. The van der Waals surface area contributed by atoms with E-state index in [1.54, 1.807) is 0 Å². The molecule has 0 aromatic heterocycles. The van der Waals surface area contributed by atoms with Crippen molar-refractivity contribution in [1.82, 2.24) is 0 Å². The highest BCUT2D eigenvalue weighted by atomic mass is 16.4. The highest BCUT2D eigenvalue weighted by molar-refractivity contribution is 5.76. The van der Waals surface area contributed by atoms with Crippen molar-refractivity contribution in [3.63, 3.8) is 0 Å². The van der Waals surface area contributed by atoms with Crippen LogP contribution in [0.15, 0.2) is 0 Å². The molecule has 2 unspecified atom stereocenters. The minimum atomic E-state index is -1.17. The Morgan fingerprint density at radius 2 is 1.14 bits per heavy atom. The van der Waals surface area contributed by atoms with E-state index in [0.29, 0.717) is 6.42 Å². The summed E-state index contributed by atoms with van der Waals surface area (Å²) in [6, 6.07) is -2.16. The lowest BCUT2D eigenvalue weighted by Crippen LogP contribution is -2.34. The first kappa shape index (κ1) is 29.0. The van der Waals surface area contributed by atoms with Crippen LogP contribution in [0.3, 0.4) is 0 Å². The van der Waals surface area contributed by atoms with Gasteiger partial charge in [-0.15, -0.1) is 0 Å². The smallest absolute Gasteiger partial charge is 0.320 e. The van der Waals surface area contributed by atoms with Crippen molar-refractivity contribution in [3.05, 3.63) is 0 Å². The van der Waals surface area contributed by atoms with Gasteiger partial charge >= 0.3 is 23.9 Å². The summed E-state index contributed by atoms with van der Waals surface area (Å²) >= 11 is 0. The molecule has 0 rings (SSSR count). The maximum atomic E-state index is 11.0. The topological polar surface area (TPSA) is 201 Å². The molecule has 0 aromatic carbocycles. The highest BCUT2D eigenvalue weighted by Crippen LogP contribution is 2.17. The second-order valence-electron chi connectivity index (χ2n) is 7.19. The zero-order valence-electron chi connectivity index (χ0n) is 17.2. The van der Waals surface area contributed by atoms with Crippen LogP contribution in [-0.2, 0) is 19.2 Å². The third-order valence-corrected chi connectivity index (χ3v) is 4.46. The number of hydrogen-bond acceptors (Lipinski definition) is 6. The van der Waals surface area contributed by atoms with Crippen LogP contribution in [0.25, 0.3) is 0 Å². The molecule has 0 aliphatic rings. The maximum absolute atomic E-state index is 11.0. The summed E-state index contributed by atoms with van der Waals surface area (Å²) in [5.74, 6) is -5.62. The molecule has 170 valence electrons. The molecule has 0 aliphatic carbocycles. The third-order valence-electron chi connectivity index (χ3n) is 4.46. The van der Waals surface area contributed by atoms with Crippen LogP contribution in [0.5, 0.6) is 0 Å². The van der Waals surface area contributed by atoms with E-state index in [4.69, 9.17) is 31.9 Å². The van der Waals surface area contributed by atoms with Gasteiger partial charge in [-0.3, -0.25) is 19.2 Å². The summed E-state index contributed by atoms with van der Waals surface area (Å²) in [5.41, 5.74) is 10.5. The molecule has 10 heteroatoms. The highest BCUT2D eigenvalue weighted by Gasteiger charge is 2.23. The molecule has 0 aliphatic heterocycles. The largest absolute Gasteiger partial charge is 0.481 e. The SMILES string of the molecule is CC(C[C@H](N)C(=O)O)C(=O)O.CCCCCCCCC(C[C@H](N)C(=O)O)C(=O)O. The molecule has 0 radical (unpaired) electrons. The predicted molar refractivity (Wildman–Crippen MR) is 106 cm³/mol. The number of aliphatic carboxylic acids is 4. The van der Waals surface area contributed by atoms with E-state index in [2.05, 4.69) is 6.92 Å². The lowest BCUT2D eigenvalue weighted by Gasteiger charge is -2.14. The number of unbranched alkanes of at least 4 members (excludes halogenated alkanes) is 5. The molecule has 0 heterocycles. The van der Waals surface area contributed by atoms with Crippen molar-refractivity contribution in [2.45, 2.75) is 83.7 Å². The van der Waals surface area contributed by atoms with Crippen LogP contribution in [-0.4, -0.2) is 56.4 Å². The van der Waals surface area contributed by atoms with Crippen LogP contribution in [0.4, 0.5) is 0 Å². The third kappa shape index (κ3) is 16.5. The first-order chi connectivity index (χ1) is 13.4. The van der Waals surface area contributed by atoms with Gasteiger partial charge in [0.15, 0.2) is 0 Å². The van der Waals surface area contributed by atoms with E-state index in [1.165, 1.54) is 26.2 Å². The summed E-state index contributed by atoms with van der Waals surface area (Å²) in [6.07, 6.45) is 7.03. The number of carboxylic acid groups (broad SMARTS) is 4. The first-order valence-electron chi connectivity index (χ1n) is 9.86. The molecular weight excluding hydrogens is 384 g/mol. The molecule has 8 N–H and O–H groups in total. The van der Waals surface area contributed by atoms with Gasteiger partial charge in [-0.25, -0.2) is 0 Å². The molecule has 0 bridgehead atoms. The molecule has 29 heavy (non-hydrogen) atoms. The van der Waals surface area contributed by atoms with Gasteiger partial charge in [-0.2, -0.15) is 0 Å². The Hall–Kier alpha value is -2.20. The Bertz CT molecular complexity index is 494. The van der Waals surface area contributed by atoms with Gasteiger partial charge in [0.2, 0.25) is 0 Å². The standard InChI is InChI=1S/C13H25NO4.C6H11NO4/c1-2-3-4-5-6-7-8-10(12(15)16)9-11(14)13(17)18;1-3(5(8)9)2-4(7)6(10)11/h10-11H,2-9,14H2,1H3,(H,15,16)(H,17,18);3-4H,2,7H2,1H3,(H,8,9)(H,10,11)/t10?,11-;3?,4-/m00/s1. The fourth-order valence-electron chi connectivity index (χ4n) is 2.50. The van der Waals surface area contributed by atoms with Crippen LogP contribution in [0, 0.1) is 11.8 Å². The fourth-order valence-corrected chi connectivity index (χ4v) is 2.50.